The summed E-state index contributed by atoms with van der Waals surface area (Å²) >= 11 is 0. The van der Waals surface area contributed by atoms with E-state index in [9.17, 15) is 9.18 Å². The molecule has 1 aliphatic rings. The number of amides is 1. The van der Waals surface area contributed by atoms with Crippen molar-refractivity contribution in [3.8, 4) is 5.88 Å². The van der Waals surface area contributed by atoms with Crippen molar-refractivity contribution >= 4 is 17.6 Å². The maximum atomic E-state index is 13.3. The second-order valence-corrected chi connectivity index (χ2v) is 8.16. The summed E-state index contributed by atoms with van der Waals surface area (Å²) in [5, 5.41) is 3.25. The molecule has 0 saturated carbocycles. The van der Waals surface area contributed by atoms with Gasteiger partial charge in [0.1, 0.15) is 29.5 Å². The highest BCUT2D eigenvalue weighted by molar-refractivity contribution is 5.91. The van der Waals surface area contributed by atoms with Gasteiger partial charge in [0.15, 0.2) is 0 Å². The van der Waals surface area contributed by atoms with Crippen molar-refractivity contribution in [2.24, 2.45) is 0 Å². The minimum Gasteiger partial charge on any atom is -0.474 e. The molecule has 1 N–H and O–H groups in total. The molecule has 156 valence electrons. The van der Waals surface area contributed by atoms with Crippen LogP contribution in [0.3, 0.4) is 0 Å². The van der Waals surface area contributed by atoms with Crippen molar-refractivity contribution in [1.82, 2.24) is 4.98 Å². The number of nitrogens with one attached hydrogen (secondary N) is 1. The Morgan fingerprint density at radius 3 is 2.66 bits per heavy atom. The number of anilines is 2. The van der Waals surface area contributed by atoms with E-state index in [1.54, 1.807) is 17.0 Å². The molecule has 1 amide bonds. The summed E-state index contributed by atoms with van der Waals surface area (Å²) in [6.45, 7) is 10.4. The molecule has 29 heavy (non-hydrogen) atoms. The number of carbonyl (C=O) groups is 1. The van der Waals surface area contributed by atoms with E-state index >= 15 is 0 Å². The molecule has 1 aliphatic heterocycles. The molecule has 3 rings (SSSR count). The predicted octanol–water partition coefficient (Wildman–Crippen LogP) is 4.77. The van der Waals surface area contributed by atoms with E-state index in [0.717, 1.165) is 11.1 Å². The van der Waals surface area contributed by atoms with Gasteiger partial charge in [0.05, 0.1) is 6.04 Å². The molecular weight excluding hydrogens is 373 g/mol. The number of rotatable bonds is 4. The minimum absolute atomic E-state index is 0.192. The highest BCUT2D eigenvalue weighted by Gasteiger charge is 2.34. The lowest BCUT2D eigenvalue weighted by molar-refractivity contribution is 0.0546. The second-order valence-electron chi connectivity index (χ2n) is 8.16. The molecule has 1 atom stereocenters. The number of aromatic nitrogens is 1. The quantitative estimate of drug-likeness (QED) is 0.800. The molecular formula is C22H28FN3O3. The number of pyridine rings is 1. The largest absolute Gasteiger partial charge is 0.474 e. The van der Waals surface area contributed by atoms with Gasteiger partial charge in [-0.1, -0.05) is 12.1 Å². The first kappa shape index (κ1) is 20.9. The summed E-state index contributed by atoms with van der Waals surface area (Å²) in [4.78, 5) is 19.1. The molecule has 0 bridgehead atoms. The Morgan fingerprint density at radius 1 is 1.34 bits per heavy atom. The van der Waals surface area contributed by atoms with E-state index < -0.39 is 11.7 Å². The molecule has 0 radical (unpaired) electrons. The summed E-state index contributed by atoms with van der Waals surface area (Å²) in [6, 6.07) is 8.08. The summed E-state index contributed by atoms with van der Waals surface area (Å²) in [6.07, 6.45) is 0.111. The highest BCUT2D eigenvalue weighted by Crippen LogP contribution is 2.37. The standard InChI is InChI=1S/C22H28FN3O3/c1-6-24-19-16(11-15-7-9-17(23)10-8-15)12-18-20(25-19)28-13-14(2)26(18)21(27)29-22(3,4)5/h7-10,12,14H,6,11,13H2,1-5H3,(H,24,25)/t14-/m0/s1. The Balaban J connectivity index is 2.01. The Morgan fingerprint density at radius 2 is 2.03 bits per heavy atom. The summed E-state index contributed by atoms with van der Waals surface area (Å²) in [5.41, 5.74) is 1.81. The lowest BCUT2D eigenvalue weighted by atomic mass is 10.0. The van der Waals surface area contributed by atoms with Gasteiger partial charge in [-0.2, -0.15) is 4.98 Å². The fourth-order valence-electron chi connectivity index (χ4n) is 3.18. The van der Waals surface area contributed by atoms with E-state index in [0.29, 0.717) is 37.0 Å². The highest BCUT2D eigenvalue weighted by atomic mass is 19.1. The normalized spacial score (nSPS) is 16.1. The third-order valence-corrected chi connectivity index (χ3v) is 4.45. The number of fused-ring (bicyclic) bond motifs is 1. The zero-order valence-electron chi connectivity index (χ0n) is 17.6. The van der Waals surface area contributed by atoms with Gasteiger partial charge in [-0.25, -0.2) is 9.18 Å². The van der Waals surface area contributed by atoms with E-state index in [2.05, 4.69) is 10.3 Å². The van der Waals surface area contributed by atoms with Gasteiger partial charge in [-0.15, -0.1) is 0 Å². The average Bonchev–Trinajstić information content (AvgIpc) is 2.63. The molecule has 0 fully saturated rings. The van der Waals surface area contributed by atoms with Gasteiger partial charge in [0, 0.05) is 18.5 Å². The second kappa shape index (κ2) is 8.27. The van der Waals surface area contributed by atoms with Crippen LogP contribution in [0.5, 0.6) is 5.88 Å². The lowest BCUT2D eigenvalue weighted by Gasteiger charge is -2.36. The maximum Gasteiger partial charge on any atom is 0.415 e. The number of nitrogens with zero attached hydrogens (tertiary/aromatic N) is 2. The fraction of sp³-hybridized carbons (Fsp3) is 0.455. The molecule has 1 aromatic carbocycles. The van der Waals surface area contributed by atoms with Crippen LogP contribution in [0.1, 0.15) is 45.7 Å². The van der Waals surface area contributed by atoms with Crippen LogP contribution in [-0.2, 0) is 11.2 Å². The SMILES string of the molecule is CCNc1nc2c(cc1Cc1ccc(F)cc1)N(C(=O)OC(C)(C)C)[C@@H](C)CO2. The number of halogens is 1. The third-order valence-electron chi connectivity index (χ3n) is 4.45. The van der Waals surface area contributed by atoms with E-state index in [-0.39, 0.29) is 11.9 Å². The molecule has 0 spiro atoms. The van der Waals surface area contributed by atoms with Gasteiger partial charge >= 0.3 is 6.09 Å². The number of benzene rings is 1. The maximum absolute atomic E-state index is 13.3. The van der Waals surface area contributed by atoms with Crippen LogP contribution in [-0.4, -0.2) is 35.9 Å². The van der Waals surface area contributed by atoms with Gasteiger partial charge in [-0.3, -0.25) is 4.90 Å². The van der Waals surface area contributed by atoms with Crippen molar-refractivity contribution in [2.75, 3.05) is 23.4 Å². The van der Waals surface area contributed by atoms with E-state index in [1.807, 2.05) is 40.7 Å². The number of carbonyl (C=O) groups excluding carboxylic acids is 1. The van der Waals surface area contributed by atoms with Gasteiger partial charge in [0.25, 0.3) is 0 Å². The molecule has 2 aromatic rings. The van der Waals surface area contributed by atoms with E-state index in [1.165, 1.54) is 12.1 Å². The first-order chi connectivity index (χ1) is 13.7. The summed E-state index contributed by atoms with van der Waals surface area (Å²) < 4.78 is 24.7. The van der Waals surface area contributed by atoms with Crippen molar-refractivity contribution in [3.05, 3.63) is 47.3 Å². The molecule has 7 heteroatoms. The van der Waals surface area contributed by atoms with Crippen LogP contribution in [0.4, 0.5) is 20.7 Å². The van der Waals surface area contributed by atoms with Crippen LogP contribution >= 0.6 is 0 Å². The van der Waals surface area contributed by atoms with Crippen molar-refractivity contribution in [2.45, 2.75) is 52.7 Å². The first-order valence-electron chi connectivity index (χ1n) is 9.85. The van der Waals surface area contributed by atoms with Gasteiger partial charge in [0.2, 0.25) is 5.88 Å². The molecule has 1 aromatic heterocycles. The fourth-order valence-corrected chi connectivity index (χ4v) is 3.18. The van der Waals surface area contributed by atoms with Crippen LogP contribution in [0, 0.1) is 5.82 Å². The molecule has 6 nitrogen and oxygen atoms in total. The summed E-state index contributed by atoms with van der Waals surface area (Å²) in [7, 11) is 0. The van der Waals surface area contributed by atoms with Crippen LogP contribution in [0.15, 0.2) is 30.3 Å². The van der Waals surface area contributed by atoms with Crippen molar-refractivity contribution in [1.29, 1.82) is 0 Å². The lowest BCUT2D eigenvalue weighted by Crippen LogP contribution is -2.47. The van der Waals surface area contributed by atoms with Crippen molar-refractivity contribution < 1.29 is 18.7 Å². The molecule has 0 unspecified atom stereocenters. The zero-order valence-corrected chi connectivity index (χ0v) is 17.6. The van der Waals surface area contributed by atoms with Crippen LogP contribution < -0.4 is 15.0 Å². The van der Waals surface area contributed by atoms with Gasteiger partial charge in [-0.05, 0) is 58.4 Å². The minimum atomic E-state index is -0.608. The number of ether oxygens (including phenoxy) is 2. The average molecular weight is 401 g/mol. The van der Waals surface area contributed by atoms with Crippen molar-refractivity contribution in [3.63, 3.8) is 0 Å². The third kappa shape index (κ3) is 4.96. The predicted molar refractivity (Wildman–Crippen MR) is 111 cm³/mol. The summed E-state index contributed by atoms with van der Waals surface area (Å²) in [5.74, 6) is 0.810. The van der Waals surface area contributed by atoms with E-state index in [4.69, 9.17) is 9.47 Å². The Bertz CT molecular complexity index is 878. The Labute approximate surface area is 171 Å². The van der Waals surface area contributed by atoms with Gasteiger partial charge < -0.3 is 14.8 Å². The molecule has 2 heterocycles. The number of hydrogen-bond acceptors (Lipinski definition) is 5. The van der Waals surface area contributed by atoms with Crippen LogP contribution in [0.2, 0.25) is 0 Å². The molecule has 0 aliphatic carbocycles. The van der Waals surface area contributed by atoms with Crippen LogP contribution in [0.25, 0.3) is 0 Å². The molecule has 0 saturated heterocycles. The Hall–Kier alpha value is -2.83. The smallest absolute Gasteiger partial charge is 0.415 e. The topological polar surface area (TPSA) is 63.7 Å². The first-order valence-corrected chi connectivity index (χ1v) is 9.85. The number of hydrogen-bond donors (Lipinski definition) is 1. The Kier molecular flexibility index (Phi) is 5.96. The monoisotopic (exact) mass is 401 g/mol. The zero-order chi connectivity index (χ0) is 21.2.